The first-order chi connectivity index (χ1) is 17.5. The molecule has 1 aromatic heterocycles. The van der Waals surface area contributed by atoms with E-state index in [1.165, 1.54) is 18.2 Å². The Labute approximate surface area is 213 Å². The number of halogens is 2. The normalized spacial score (nSPS) is 20.6. The number of amides is 2. The molecule has 7 nitrogen and oxygen atoms in total. The maximum Gasteiger partial charge on any atom is 0.261 e. The molecule has 0 radical (unpaired) electrons. The van der Waals surface area contributed by atoms with Crippen molar-refractivity contribution in [2.75, 3.05) is 11.9 Å². The van der Waals surface area contributed by atoms with Gasteiger partial charge in [0.1, 0.15) is 29.2 Å². The number of fused-ring (bicyclic) bond motifs is 2. The molecule has 3 aromatic rings. The van der Waals surface area contributed by atoms with Gasteiger partial charge in [0.2, 0.25) is 0 Å². The van der Waals surface area contributed by atoms with Gasteiger partial charge in [-0.25, -0.2) is 9.37 Å². The van der Waals surface area contributed by atoms with E-state index < -0.39 is 5.91 Å². The van der Waals surface area contributed by atoms with Crippen molar-refractivity contribution in [3.8, 4) is 11.5 Å². The molecule has 5 rings (SSSR count). The van der Waals surface area contributed by atoms with Crippen LogP contribution in [-0.2, 0) is 4.79 Å². The Balaban J connectivity index is 1.21. The third kappa shape index (κ3) is 5.44. The Bertz CT molecular complexity index is 1230. The van der Waals surface area contributed by atoms with Crippen LogP contribution in [0.25, 0.3) is 0 Å². The summed E-state index contributed by atoms with van der Waals surface area (Å²) in [6, 6.07) is 16.0. The number of piperidine rings is 1. The highest BCUT2D eigenvalue weighted by Crippen LogP contribution is 2.37. The van der Waals surface area contributed by atoms with Gasteiger partial charge >= 0.3 is 0 Å². The average molecular weight is 510 g/mol. The van der Waals surface area contributed by atoms with Crippen LogP contribution in [0.3, 0.4) is 0 Å². The van der Waals surface area contributed by atoms with Gasteiger partial charge in [-0.15, -0.1) is 0 Å². The van der Waals surface area contributed by atoms with Gasteiger partial charge in [0, 0.05) is 36.1 Å². The summed E-state index contributed by atoms with van der Waals surface area (Å²) in [7, 11) is 0. The molecule has 2 aliphatic rings. The summed E-state index contributed by atoms with van der Waals surface area (Å²) in [6.45, 7) is -0.192. The van der Waals surface area contributed by atoms with Gasteiger partial charge in [0.25, 0.3) is 11.8 Å². The van der Waals surface area contributed by atoms with Gasteiger partial charge in [-0.2, -0.15) is 0 Å². The van der Waals surface area contributed by atoms with Crippen molar-refractivity contribution in [2.24, 2.45) is 0 Å². The highest BCUT2D eigenvalue weighted by molar-refractivity contribution is 6.31. The van der Waals surface area contributed by atoms with E-state index in [9.17, 15) is 14.0 Å². The summed E-state index contributed by atoms with van der Waals surface area (Å²) < 4.78 is 25.1. The Hall–Kier alpha value is -3.65. The Morgan fingerprint density at radius 1 is 1.06 bits per heavy atom. The van der Waals surface area contributed by atoms with Crippen molar-refractivity contribution in [3.63, 3.8) is 0 Å². The van der Waals surface area contributed by atoms with Crippen molar-refractivity contribution in [1.82, 2.24) is 9.88 Å². The molecular formula is C27H25ClFN3O4. The number of anilines is 1. The second-order valence-corrected chi connectivity index (χ2v) is 9.39. The molecule has 0 spiro atoms. The number of pyridine rings is 1. The maximum atomic E-state index is 13.2. The number of hydrogen-bond donors (Lipinski definition) is 1. The van der Waals surface area contributed by atoms with Crippen LogP contribution in [0.5, 0.6) is 11.5 Å². The molecule has 2 amide bonds. The van der Waals surface area contributed by atoms with E-state index >= 15 is 0 Å². The van der Waals surface area contributed by atoms with E-state index in [0.717, 1.165) is 12.8 Å². The Morgan fingerprint density at radius 2 is 1.81 bits per heavy atom. The number of carbonyl (C=O) groups excluding carboxylic acids is 2. The third-order valence-electron chi connectivity index (χ3n) is 6.54. The second-order valence-electron chi connectivity index (χ2n) is 8.95. The minimum absolute atomic E-state index is 0.0314. The molecule has 3 atom stereocenters. The van der Waals surface area contributed by atoms with E-state index in [1.54, 1.807) is 48.7 Å². The number of nitrogens with one attached hydrogen (secondary N) is 1. The van der Waals surface area contributed by atoms with Crippen LogP contribution in [0, 0.1) is 5.82 Å². The fourth-order valence-corrected chi connectivity index (χ4v) is 5.15. The molecule has 2 aliphatic heterocycles. The zero-order valence-electron chi connectivity index (χ0n) is 19.4. The standard InChI is InChI=1S/C27H25ClFN3O4/c28-17-4-11-24(23(13-17)27(34)31-25-3-1-2-12-30-25)35-16-26(33)32-19-7-8-20(32)15-22(14-19)36-21-9-5-18(29)6-10-21/h1-6,9-13,19-20,22H,7-8,14-16H2,(H,30,31,34)/t19-,20+,22?. The van der Waals surface area contributed by atoms with Crippen LogP contribution in [0.15, 0.2) is 66.9 Å². The zero-order chi connectivity index (χ0) is 25.1. The van der Waals surface area contributed by atoms with Gasteiger partial charge in [-0.1, -0.05) is 17.7 Å². The minimum atomic E-state index is -0.433. The number of carbonyl (C=O) groups is 2. The van der Waals surface area contributed by atoms with Crippen molar-refractivity contribution >= 4 is 29.2 Å². The number of hydrogen-bond acceptors (Lipinski definition) is 5. The van der Waals surface area contributed by atoms with Crippen molar-refractivity contribution in [3.05, 3.63) is 83.3 Å². The summed E-state index contributed by atoms with van der Waals surface area (Å²) in [5, 5.41) is 3.09. The molecular weight excluding hydrogens is 485 g/mol. The lowest BCUT2D eigenvalue weighted by atomic mass is 9.99. The van der Waals surface area contributed by atoms with E-state index in [-0.39, 0.29) is 47.8 Å². The van der Waals surface area contributed by atoms with E-state index in [2.05, 4.69) is 10.3 Å². The van der Waals surface area contributed by atoms with Crippen LogP contribution in [-0.4, -0.2) is 46.5 Å². The minimum Gasteiger partial charge on any atom is -0.490 e. The second kappa shape index (κ2) is 10.5. The monoisotopic (exact) mass is 509 g/mol. The Morgan fingerprint density at radius 3 is 2.50 bits per heavy atom. The predicted molar refractivity (Wildman–Crippen MR) is 133 cm³/mol. The first-order valence-electron chi connectivity index (χ1n) is 11.8. The highest BCUT2D eigenvalue weighted by atomic mass is 35.5. The highest BCUT2D eigenvalue weighted by Gasteiger charge is 2.44. The summed E-state index contributed by atoms with van der Waals surface area (Å²) in [5.74, 6) is 0.421. The summed E-state index contributed by atoms with van der Waals surface area (Å²) in [6.07, 6.45) is 4.76. The van der Waals surface area contributed by atoms with Crippen LogP contribution < -0.4 is 14.8 Å². The Kier molecular flexibility index (Phi) is 7.04. The van der Waals surface area contributed by atoms with E-state index in [1.807, 2.05) is 4.90 Å². The molecule has 2 fully saturated rings. The molecule has 0 saturated carbocycles. The molecule has 1 unspecified atom stereocenters. The molecule has 3 heterocycles. The van der Waals surface area contributed by atoms with E-state index in [0.29, 0.717) is 29.4 Å². The van der Waals surface area contributed by atoms with Gasteiger partial charge in [0.15, 0.2) is 6.61 Å². The smallest absolute Gasteiger partial charge is 0.261 e. The molecule has 0 aliphatic carbocycles. The SMILES string of the molecule is O=C(Nc1ccccn1)c1cc(Cl)ccc1OCC(=O)N1[C@@H]2CC[C@H]1CC(Oc1ccc(F)cc1)C2. The number of rotatable bonds is 7. The predicted octanol–water partition coefficient (Wildman–Crippen LogP) is 5.11. The van der Waals surface area contributed by atoms with Crippen molar-refractivity contribution < 1.29 is 23.5 Å². The first kappa shape index (κ1) is 24.1. The third-order valence-corrected chi connectivity index (χ3v) is 6.77. The molecule has 36 heavy (non-hydrogen) atoms. The molecule has 1 N–H and O–H groups in total. The molecule has 2 bridgehead atoms. The number of aromatic nitrogens is 1. The average Bonchev–Trinajstić information content (AvgIpc) is 3.15. The molecule has 186 valence electrons. The van der Waals surface area contributed by atoms with E-state index in [4.69, 9.17) is 21.1 Å². The fraction of sp³-hybridized carbons (Fsp3) is 0.296. The summed E-state index contributed by atoms with van der Waals surface area (Å²) in [5.41, 5.74) is 0.218. The van der Waals surface area contributed by atoms with Crippen LogP contribution in [0.1, 0.15) is 36.0 Å². The van der Waals surface area contributed by atoms with Crippen LogP contribution in [0.4, 0.5) is 10.2 Å². The quantitative estimate of drug-likeness (QED) is 0.479. The summed E-state index contributed by atoms with van der Waals surface area (Å²) in [4.78, 5) is 32.0. The van der Waals surface area contributed by atoms with Crippen LogP contribution >= 0.6 is 11.6 Å². The van der Waals surface area contributed by atoms with Crippen LogP contribution in [0.2, 0.25) is 5.02 Å². The number of nitrogens with zero attached hydrogens (tertiary/aromatic N) is 2. The number of ether oxygens (including phenoxy) is 2. The van der Waals surface area contributed by atoms with Gasteiger partial charge < -0.3 is 19.7 Å². The largest absolute Gasteiger partial charge is 0.490 e. The lowest BCUT2D eigenvalue weighted by molar-refractivity contribution is -0.139. The van der Waals surface area contributed by atoms with Gasteiger partial charge in [-0.05, 0) is 67.4 Å². The lowest BCUT2D eigenvalue weighted by Gasteiger charge is -2.38. The van der Waals surface area contributed by atoms with Gasteiger partial charge in [0.05, 0.1) is 5.56 Å². The van der Waals surface area contributed by atoms with Crippen molar-refractivity contribution in [1.29, 1.82) is 0 Å². The molecule has 2 aromatic carbocycles. The fourth-order valence-electron chi connectivity index (χ4n) is 4.98. The number of benzene rings is 2. The topological polar surface area (TPSA) is 80.8 Å². The van der Waals surface area contributed by atoms with Gasteiger partial charge in [-0.3, -0.25) is 9.59 Å². The lowest BCUT2D eigenvalue weighted by Crippen LogP contribution is -2.50. The maximum absolute atomic E-state index is 13.2. The molecule has 2 saturated heterocycles. The van der Waals surface area contributed by atoms with Crippen molar-refractivity contribution in [2.45, 2.75) is 43.9 Å². The summed E-state index contributed by atoms with van der Waals surface area (Å²) >= 11 is 6.12. The zero-order valence-corrected chi connectivity index (χ0v) is 20.2. The molecule has 9 heteroatoms. The first-order valence-corrected chi connectivity index (χ1v) is 12.2.